The van der Waals surface area contributed by atoms with Crippen molar-refractivity contribution in [3.8, 4) is 11.5 Å². The number of hydrogen-bond donors (Lipinski definition) is 2. The van der Waals surface area contributed by atoms with Crippen LogP contribution in [0.1, 0.15) is 27.9 Å². The number of carboxylic acids is 1. The van der Waals surface area contributed by atoms with E-state index in [4.69, 9.17) is 14.6 Å². The number of aryl methyl sites for hydroxylation is 1. The van der Waals surface area contributed by atoms with Crippen LogP contribution < -0.4 is 14.8 Å². The van der Waals surface area contributed by atoms with Crippen LogP contribution in [-0.2, 0) is 13.0 Å². The van der Waals surface area contributed by atoms with Gasteiger partial charge in [-0.15, -0.1) is 0 Å². The van der Waals surface area contributed by atoms with Gasteiger partial charge in [0.25, 0.3) is 0 Å². The Kier molecular flexibility index (Phi) is 6.63. The van der Waals surface area contributed by atoms with Gasteiger partial charge < -0.3 is 19.9 Å². The van der Waals surface area contributed by atoms with Crippen LogP contribution in [0.4, 0.5) is 0 Å². The predicted octanol–water partition coefficient (Wildman–Crippen LogP) is 3.12. The molecule has 0 aromatic heterocycles. The molecule has 2 N–H and O–H groups in total. The first-order valence-electron chi connectivity index (χ1n) is 7.88. The third-order valence-corrected chi connectivity index (χ3v) is 3.77. The minimum Gasteiger partial charge on any atom is -0.493 e. The molecule has 0 unspecified atom stereocenters. The number of carbonyl (C=O) groups is 1. The van der Waals surface area contributed by atoms with Crippen LogP contribution in [0.25, 0.3) is 0 Å². The number of methoxy groups -OCH3 is 2. The number of aromatic carboxylic acids is 1. The average Bonchev–Trinajstić information content (AvgIpc) is 2.61. The molecule has 0 saturated heterocycles. The third kappa shape index (κ3) is 4.99. The van der Waals surface area contributed by atoms with Crippen molar-refractivity contribution in [2.75, 3.05) is 20.8 Å². The van der Waals surface area contributed by atoms with Crippen LogP contribution in [0.15, 0.2) is 42.5 Å². The summed E-state index contributed by atoms with van der Waals surface area (Å²) in [5.41, 5.74) is 2.49. The summed E-state index contributed by atoms with van der Waals surface area (Å²) in [6.07, 6.45) is 1.91. The molecule has 0 aliphatic carbocycles. The summed E-state index contributed by atoms with van der Waals surface area (Å²) in [5, 5.41) is 12.3. The fourth-order valence-electron chi connectivity index (χ4n) is 2.50. The van der Waals surface area contributed by atoms with Crippen molar-refractivity contribution in [2.45, 2.75) is 19.4 Å². The highest BCUT2D eigenvalue weighted by molar-refractivity contribution is 5.87. The lowest BCUT2D eigenvalue weighted by atomic mass is 10.1. The summed E-state index contributed by atoms with van der Waals surface area (Å²) >= 11 is 0. The number of ether oxygens (including phenoxy) is 2. The van der Waals surface area contributed by atoms with Crippen molar-refractivity contribution in [3.05, 3.63) is 59.2 Å². The van der Waals surface area contributed by atoms with E-state index in [1.54, 1.807) is 32.4 Å². The van der Waals surface area contributed by atoms with Crippen LogP contribution in [-0.4, -0.2) is 31.8 Å². The SMILES string of the molecule is COc1ccc(CCCNCc2cccc(C(=O)O)c2)cc1OC. The van der Waals surface area contributed by atoms with Gasteiger partial charge in [0.2, 0.25) is 0 Å². The number of hydrogen-bond acceptors (Lipinski definition) is 4. The van der Waals surface area contributed by atoms with Crippen LogP contribution in [0.2, 0.25) is 0 Å². The molecule has 0 aliphatic heterocycles. The molecule has 2 rings (SSSR count). The van der Waals surface area contributed by atoms with E-state index < -0.39 is 5.97 Å². The van der Waals surface area contributed by atoms with Crippen molar-refractivity contribution >= 4 is 5.97 Å². The van der Waals surface area contributed by atoms with E-state index in [2.05, 4.69) is 5.32 Å². The Bertz CT molecular complexity index is 685. The van der Waals surface area contributed by atoms with Gasteiger partial charge >= 0.3 is 5.97 Å². The van der Waals surface area contributed by atoms with Gasteiger partial charge in [0.15, 0.2) is 11.5 Å². The molecule has 0 radical (unpaired) electrons. The molecule has 5 heteroatoms. The monoisotopic (exact) mass is 329 g/mol. The zero-order chi connectivity index (χ0) is 17.4. The Labute approximate surface area is 142 Å². The maximum Gasteiger partial charge on any atom is 0.335 e. The van der Waals surface area contributed by atoms with Gasteiger partial charge in [0, 0.05) is 6.54 Å². The Morgan fingerprint density at radius 1 is 1.04 bits per heavy atom. The Balaban J connectivity index is 1.77. The number of nitrogens with one attached hydrogen (secondary N) is 1. The highest BCUT2D eigenvalue weighted by Crippen LogP contribution is 2.27. The van der Waals surface area contributed by atoms with Crippen LogP contribution in [0.5, 0.6) is 11.5 Å². The lowest BCUT2D eigenvalue weighted by molar-refractivity contribution is 0.0696. The van der Waals surface area contributed by atoms with Crippen LogP contribution >= 0.6 is 0 Å². The zero-order valence-electron chi connectivity index (χ0n) is 14.0. The summed E-state index contributed by atoms with van der Waals surface area (Å²) in [6, 6.07) is 12.9. The standard InChI is InChI=1S/C19H23NO4/c1-23-17-9-8-14(12-18(17)24-2)6-4-10-20-13-15-5-3-7-16(11-15)19(21)22/h3,5,7-9,11-12,20H,4,6,10,13H2,1-2H3,(H,21,22). The quantitative estimate of drug-likeness (QED) is 0.692. The first kappa shape index (κ1) is 17.8. The lowest BCUT2D eigenvalue weighted by Gasteiger charge is -2.10. The minimum atomic E-state index is -0.898. The second-order valence-electron chi connectivity index (χ2n) is 5.48. The predicted molar refractivity (Wildman–Crippen MR) is 93.0 cm³/mol. The first-order valence-corrected chi connectivity index (χ1v) is 7.88. The summed E-state index contributed by atoms with van der Waals surface area (Å²) < 4.78 is 10.5. The molecule has 0 heterocycles. The molecule has 5 nitrogen and oxygen atoms in total. The van der Waals surface area contributed by atoms with Crippen molar-refractivity contribution in [3.63, 3.8) is 0 Å². The summed E-state index contributed by atoms with van der Waals surface area (Å²) in [5.74, 6) is 0.580. The van der Waals surface area contributed by atoms with Crippen LogP contribution in [0.3, 0.4) is 0 Å². The number of carboxylic acid groups (broad SMARTS) is 1. The lowest BCUT2D eigenvalue weighted by Crippen LogP contribution is -2.15. The topological polar surface area (TPSA) is 67.8 Å². The maximum atomic E-state index is 10.9. The number of benzene rings is 2. The molecular weight excluding hydrogens is 306 g/mol. The molecule has 0 spiro atoms. The van der Waals surface area contributed by atoms with E-state index in [-0.39, 0.29) is 0 Å². The fourth-order valence-corrected chi connectivity index (χ4v) is 2.50. The normalized spacial score (nSPS) is 10.4. The Morgan fingerprint density at radius 3 is 2.54 bits per heavy atom. The number of rotatable bonds is 9. The van der Waals surface area contributed by atoms with Gasteiger partial charge in [0.05, 0.1) is 19.8 Å². The molecule has 0 amide bonds. The highest BCUT2D eigenvalue weighted by atomic mass is 16.5. The zero-order valence-corrected chi connectivity index (χ0v) is 14.0. The van der Waals surface area contributed by atoms with Crippen LogP contribution in [0, 0.1) is 0 Å². The van der Waals surface area contributed by atoms with Gasteiger partial charge in [0.1, 0.15) is 0 Å². The Hall–Kier alpha value is -2.53. The van der Waals surface area contributed by atoms with Crippen molar-refractivity contribution in [2.24, 2.45) is 0 Å². The molecular formula is C19H23NO4. The van der Waals surface area contributed by atoms with Crippen molar-refractivity contribution < 1.29 is 19.4 Å². The first-order chi connectivity index (χ1) is 11.6. The van der Waals surface area contributed by atoms with Crippen molar-refractivity contribution in [1.29, 1.82) is 0 Å². The largest absolute Gasteiger partial charge is 0.493 e. The van der Waals surface area contributed by atoms with Crippen molar-refractivity contribution in [1.82, 2.24) is 5.32 Å². The smallest absolute Gasteiger partial charge is 0.335 e. The van der Waals surface area contributed by atoms with Gasteiger partial charge in [-0.2, -0.15) is 0 Å². The summed E-state index contributed by atoms with van der Waals surface area (Å²) in [4.78, 5) is 10.9. The minimum absolute atomic E-state index is 0.319. The van der Waals surface area contributed by atoms with E-state index in [0.717, 1.165) is 36.4 Å². The molecule has 128 valence electrons. The molecule has 2 aromatic carbocycles. The van der Waals surface area contributed by atoms with Gasteiger partial charge in [-0.25, -0.2) is 4.79 Å². The molecule has 0 fully saturated rings. The van der Waals surface area contributed by atoms with E-state index in [9.17, 15) is 4.79 Å². The van der Waals surface area contributed by atoms with E-state index in [1.165, 1.54) is 5.56 Å². The molecule has 0 atom stereocenters. The van der Waals surface area contributed by atoms with E-state index >= 15 is 0 Å². The second-order valence-corrected chi connectivity index (χ2v) is 5.48. The molecule has 0 bridgehead atoms. The summed E-state index contributed by atoms with van der Waals surface area (Å²) in [7, 11) is 3.26. The average molecular weight is 329 g/mol. The molecule has 0 aliphatic rings. The molecule has 2 aromatic rings. The summed E-state index contributed by atoms with van der Waals surface area (Å²) in [6.45, 7) is 1.51. The maximum absolute atomic E-state index is 10.9. The van der Waals surface area contributed by atoms with Gasteiger partial charge in [-0.05, 0) is 54.8 Å². The highest BCUT2D eigenvalue weighted by Gasteiger charge is 2.05. The Morgan fingerprint density at radius 2 is 1.83 bits per heavy atom. The molecule has 0 saturated carbocycles. The molecule has 24 heavy (non-hydrogen) atoms. The second kappa shape index (κ2) is 8.93. The van der Waals surface area contributed by atoms with E-state index in [1.807, 2.05) is 24.3 Å². The fraction of sp³-hybridized carbons (Fsp3) is 0.316. The van der Waals surface area contributed by atoms with Gasteiger partial charge in [-0.1, -0.05) is 18.2 Å². The van der Waals surface area contributed by atoms with E-state index in [0.29, 0.717) is 12.1 Å². The third-order valence-electron chi connectivity index (χ3n) is 3.77. The van der Waals surface area contributed by atoms with Gasteiger partial charge in [-0.3, -0.25) is 0 Å².